The summed E-state index contributed by atoms with van der Waals surface area (Å²) in [4.78, 5) is 31.2. The number of aromatic nitrogens is 3. The standard InChI is InChI=1S/C28H31ClF5N7O/c1-39(2)18-7-10-41(16-18)23-6-3-19-21(38-23)5-4-20(29)24(19)25(42)35-15-22(40-11-8-27(30,31)9-12-40)17-13-36-26(37-14-17)28(32,33)34/h3-6,13-14,18,22H,7-12,15-16H2,1-2H3,(H,35,42)/t18-,22?/m0/s1. The molecule has 42 heavy (non-hydrogen) atoms. The molecule has 2 saturated heterocycles. The fraction of sp³-hybridized carbons (Fsp3) is 0.500. The fourth-order valence-corrected chi connectivity index (χ4v) is 5.75. The van der Waals surface area contributed by atoms with E-state index in [4.69, 9.17) is 16.6 Å². The van der Waals surface area contributed by atoms with Gasteiger partial charge in [-0.1, -0.05) is 11.6 Å². The molecule has 2 aromatic heterocycles. The van der Waals surface area contributed by atoms with Crippen LogP contribution in [0.2, 0.25) is 5.02 Å². The van der Waals surface area contributed by atoms with Crippen LogP contribution >= 0.6 is 11.6 Å². The van der Waals surface area contributed by atoms with Crippen molar-refractivity contribution in [1.82, 2.24) is 30.1 Å². The Morgan fingerprint density at radius 3 is 2.43 bits per heavy atom. The molecule has 0 aliphatic carbocycles. The molecule has 4 heterocycles. The summed E-state index contributed by atoms with van der Waals surface area (Å²) in [7, 11) is 4.09. The van der Waals surface area contributed by atoms with Gasteiger partial charge < -0.3 is 15.1 Å². The number of piperidine rings is 1. The third-order valence-electron chi connectivity index (χ3n) is 7.99. The summed E-state index contributed by atoms with van der Waals surface area (Å²) in [5, 5.41) is 3.55. The molecule has 0 bridgehead atoms. The van der Waals surface area contributed by atoms with Crippen molar-refractivity contribution in [1.29, 1.82) is 0 Å². The van der Waals surface area contributed by atoms with Crippen LogP contribution in [0.5, 0.6) is 0 Å². The Bertz CT molecular complexity index is 1430. The van der Waals surface area contributed by atoms with Crippen molar-refractivity contribution in [3.8, 4) is 0 Å². The van der Waals surface area contributed by atoms with Crippen molar-refractivity contribution in [2.75, 3.05) is 51.7 Å². The highest BCUT2D eigenvalue weighted by Crippen LogP contribution is 2.34. The van der Waals surface area contributed by atoms with Gasteiger partial charge in [-0.15, -0.1) is 0 Å². The topological polar surface area (TPSA) is 77.5 Å². The van der Waals surface area contributed by atoms with Gasteiger partial charge in [-0.2, -0.15) is 13.2 Å². The zero-order valence-electron chi connectivity index (χ0n) is 23.1. The lowest BCUT2D eigenvalue weighted by Gasteiger charge is -2.37. The lowest BCUT2D eigenvalue weighted by molar-refractivity contribution is -0.145. The van der Waals surface area contributed by atoms with Crippen molar-refractivity contribution in [2.24, 2.45) is 0 Å². The van der Waals surface area contributed by atoms with Crippen molar-refractivity contribution in [3.63, 3.8) is 0 Å². The molecule has 1 unspecified atom stereocenters. The molecule has 2 fully saturated rings. The van der Waals surface area contributed by atoms with Crippen LogP contribution in [0, 0.1) is 0 Å². The van der Waals surface area contributed by atoms with Crippen molar-refractivity contribution < 1.29 is 26.7 Å². The Kier molecular flexibility index (Phi) is 8.55. The summed E-state index contributed by atoms with van der Waals surface area (Å²) >= 11 is 6.47. The number of pyridine rings is 1. The minimum absolute atomic E-state index is 0.0124. The monoisotopic (exact) mass is 611 g/mol. The van der Waals surface area contributed by atoms with Gasteiger partial charge in [0.15, 0.2) is 0 Å². The minimum Gasteiger partial charge on any atom is -0.355 e. The van der Waals surface area contributed by atoms with Crippen LogP contribution < -0.4 is 10.2 Å². The molecule has 0 radical (unpaired) electrons. The third kappa shape index (κ3) is 6.57. The van der Waals surface area contributed by atoms with Gasteiger partial charge in [0.2, 0.25) is 5.82 Å². The lowest BCUT2D eigenvalue weighted by Crippen LogP contribution is -2.45. The molecule has 2 aliphatic heterocycles. The number of nitrogens with zero attached hydrogens (tertiary/aromatic N) is 6. The van der Waals surface area contributed by atoms with Crippen LogP contribution in [0.15, 0.2) is 36.7 Å². The number of anilines is 1. The SMILES string of the molecule is CN(C)[C@H]1CCN(c2ccc3c(C(=O)NCC(c4cnc(C(F)(F)F)nc4)N4CCC(F)(F)CC4)c(Cl)ccc3n2)C1. The van der Waals surface area contributed by atoms with Crippen LogP contribution in [0.3, 0.4) is 0 Å². The van der Waals surface area contributed by atoms with Gasteiger partial charge in [-0.3, -0.25) is 9.69 Å². The number of likely N-dealkylation sites (N-methyl/N-ethyl adjacent to an activating group) is 1. The van der Waals surface area contributed by atoms with Gasteiger partial charge in [0.1, 0.15) is 5.82 Å². The molecule has 0 spiro atoms. The Balaban J connectivity index is 1.37. The van der Waals surface area contributed by atoms with Crippen LogP contribution in [0.1, 0.15) is 47.1 Å². The highest BCUT2D eigenvalue weighted by Gasteiger charge is 2.38. The maximum absolute atomic E-state index is 13.9. The number of benzene rings is 1. The van der Waals surface area contributed by atoms with E-state index in [0.717, 1.165) is 37.7 Å². The highest BCUT2D eigenvalue weighted by molar-refractivity contribution is 6.35. The van der Waals surface area contributed by atoms with Crippen molar-refractivity contribution in [3.05, 3.63) is 58.6 Å². The Morgan fingerprint density at radius 1 is 1.12 bits per heavy atom. The van der Waals surface area contributed by atoms with Gasteiger partial charge in [-0.25, -0.2) is 23.7 Å². The normalized spacial score (nSPS) is 20.3. The van der Waals surface area contributed by atoms with E-state index < -0.39 is 42.7 Å². The Morgan fingerprint density at radius 2 is 1.81 bits per heavy atom. The molecule has 0 saturated carbocycles. The van der Waals surface area contributed by atoms with Gasteiger partial charge >= 0.3 is 6.18 Å². The van der Waals surface area contributed by atoms with E-state index in [9.17, 15) is 26.7 Å². The fourth-order valence-electron chi connectivity index (χ4n) is 5.50. The van der Waals surface area contributed by atoms with Crippen molar-refractivity contribution in [2.45, 2.75) is 43.4 Å². The van der Waals surface area contributed by atoms with E-state index in [-0.39, 0.29) is 35.8 Å². The largest absolute Gasteiger partial charge is 0.451 e. The quantitative estimate of drug-likeness (QED) is 0.375. The highest BCUT2D eigenvalue weighted by atomic mass is 35.5. The smallest absolute Gasteiger partial charge is 0.355 e. The average Bonchev–Trinajstić information content (AvgIpc) is 3.44. The van der Waals surface area contributed by atoms with Gasteiger partial charge in [0.05, 0.1) is 22.1 Å². The predicted octanol–water partition coefficient (Wildman–Crippen LogP) is 5.04. The number of amides is 1. The molecule has 1 N–H and O–H groups in total. The number of alkyl halides is 5. The molecule has 2 aliphatic rings. The summed E-state index contributed by atoms with van der Waals surface area (Å²) in [6, 6.07) is 6.68. The zero-order valence-corrected chi connectivity index (χ0v) is 23.9. The number of rotatable bonds is 7. The summed E-state index contributed by atoms with van der Waals surface area (Å²) in [5.74, 6) is -3.86. The van der Waals surface area contributed by atoms with Crippen molar-refractivity contribution >= 4 is 34.2 Å². The Hall–Kier alpha value is -3.16. The molecule has 1 aromatic carbocycles. The maximum Gasteiger partial charge on any atom is 0.451 e. The molecular formula is C28H31ClF5N7O. The van der Waals surface area contributed by atoms with E-state index in [0.29, 0.717) is 16.9 Å². The number of carbonyl (C=O) groups excluding carboxylic acids is 1. The maximum atomic E-state index is 13.9. The van der Waals surface area contributed by atoms with E-state index in [1.54, 1.807) is 23.1 Å². The third-order valence-corrected chi connectivity index (χ3v) is 8.30. The van der Waals surface area contributed by atoms with Crippen LogP contribution in [-0.2, 0) is 6.18 Å². The Labute approximate surface area is 244 Å². The van der Waals surface area contributed by atoms with Crippen LogP contribution in [-0.4, -0.2) is 89.4 Å². The number of nitrogens with one attached hydrogen (secondary N) is 1. The molecule has 3 aromatic rings. The van der Waals surface area contributed by atoms with Gasteiger partial charge in [0.25, 0.3) is 11.8 Å². The first-order valence-corrected chi connectivity index (χ1v) is 14.0. The summed E-state index contributed by atoms with van der Waals surface area (Å²) in [6.45, 7) is 1.59. The number of likely N-dealkylation sites (tertiary alicyclic amines) is 1. The number of carbonyl (C=O) groups is 1. The molecule has 14 heteroatoms. The first-order chi connectivity index (χ1) is 19.8. The summed E-state index contributed by atoms with van der Waals surface area (Å²) < 4.78 is 66.8. The summed E-state index contributed by atoms with van der Waals surface area (Å²) in [5.41, 5.74) is 1.06. The molecular weight excluding hydrogens is 581 g/mol. The first-order valence-electron chi connectivity index (χ1n) is 13.6. The molecule has 8 nitrogen and oxygen atoms in total. The molecule has 1 amide bonds. The van der Waals surface area contributed by atoms with Crippen LogP contribution in [0.4, 0.5) is 27.8 Å². The molecule has 5 rings (SSSR count). The van der Waals surface area contributed by atoms with Crippen LogP contribution in [0.25, 0.3) is 10.9 Å². The van der Waals surface area contributed by atoms with E-state index in [1.807, 2.05) is 20.2 Å². The average molecular weight is 612 g/mol. The second-order valence-electron chi connectivity index (χ2n) is 11.0. The number of hydrogen-bond donors (Lipinski definition) is 1. The summed E-state index contributed by atoms with van der Waals surface area (Å²) in [6.07, 6.45) is -2.48. The number of hydrogen-bond acceptors (Lipinski definition) is 7. The lowest BCUT2D eigenvalue weighted by atomic mass is 10.0. The zero-order chi connectivity index (χ0) is 30.2. The van der Waals surface area contributed by atoms with Gasteiger partial charge in [-0.05, 0) is 44.8 Å². The van der Waals surface area contributed by atoms with E-state index in [2.05, 4.69) is 25.1 Å². The second-order valence-corrected chi connectivity index (χ2v) is 11.4. The van der Waals surface area contributed by atoms with Gasteiger partial charge in [0, 0.05) is 75.0 Å². The second kappa shape index (κ2) is 11.8. The minimum atomic E-state index is -4.72. The number of fused-ring (bicyclic) bond motifs is 1. The van der Waals surface area contributed by atoms with E-state index in [1.165, 1.54) is 0 Å². The van der Waals surface area contributed by atoms with E-state index >= 15 is 0 Å². The molecule has 2 atom stereocenters. The number of halogens is 6. The molecule has 226 valence electrons. The first kappa shape index (κ1) is 30.3. The predicted molar refractivity (Wildman–Crippen MR) is 149 cm³/mol.